The van der Waals surface area contributed by atoms with E-state index in [0.29, 0.717) is 11.4 Å². The molecule has 0 spiro atoms. The highest BCUT2D eigenvalue weighted by atomic mass is 32.2. The molecule has 0 atom stereocenters. The summed E-state index contributed by atoms with van der Waals surface area (Å²) in [6, 6.07) is 17.9. The van der Waals surface area contributed by atoms with E-state index >= 15 is 0 Å². The molecule has 8 nitrogen and oxygen atoms in total. The Morgan fingerprint density at radius 2 is 1.65 bits per heavy atom. The number of thiazole rings is 1. The Labute approximate surface area is 226 Å². The molecule has 0 aliphatic carbocycles. The molecule has 0 saturated heterocycles. The minimum atomic E-state index is -0.413. The number of amides is 2. The van der Waals surface area contributed by atoms with Gasteiger partial charge in [0.25, 0.3) is 5.69 Å². The summed E-state index contributed by atoms with van der Waals surface area (Å²) in [6.45, 7) is 3.90. The number of nitrogens with zero attached hydrogens (tertiary/aromatic N) is 2. The maximum atomic E-state index is 12.4. The molecule has 2 amide bonds. The summed E-state index contributed by atoms with van der Waals surface area (Å²) < 4.78 is 1.83. The van der Waals surface area contributed by atoms with Crippen molar-refractivity contribution in [3.05, 3.63) is 87.5 Å². The molecule has 0 aliphatic rings. The third-order valence-corrected chi connectivity index (χ3v) is 8.54. The topological polar surface area (TPSA) is 114 Å². The zero-order valence-corrected chi connectivity index (χ0v) is 22.6. The lowest BCUT2D eigenvalue weighted by atomic mass is 10.1. The van der Waals surface area contributed by atoms with Crippen LogP contribution < -0.4 is 10.6 Å². The van der Waals surface area contributed by atoms with Crippen molar-refractivity contribution in [1.82, 2.24) is 4.98 Å². The Morgan fingerprint density at radius 1 is 0.973 bits per heavy atom. The number of nitro benzene ring substituents is 1. The van der Waals surface area contributed by atoms with E-state index in [1.165, 1.54) is 35.2 Å². The largest absolute Gasteiger partial charge is 0.325 e. The van der Waals surface area contributed by atoms with Gasteiger partial charge in [0.05, 0.1) is 26.6 Å². The third-order valence-electron chi connectivity index (χ3n) is 5.37. The number of nitro groups is 1. The molecule has 1 heterocycles. The highest BCUT2D eigenvalue weighted by Crippen LogP contribution is 2.33. The zero-order valence-electron chi connectivity index (χ0n) is 20.1. The minimum Gasteiger partial charge on any atom is -0.325 e. The molecule has 1 aromatic heterocycles. The molecule has 0 saturated carbocycles. The van der Waals surface area contributed by atoms with Crippen molar-refractivity contribution in [1.29, 1.82) is 0 Å². The Balaban J connectivity index is 1.26. The molecular weight excluding hydrogens is 529 g/mol. The predicted octanol–water partition coefficient (Wildman–Crippen LogP) is 6.42. The fourth-order valence-corrected chi connectivity index (χ4v) is 6.20. The van der Waals surface area contributed by atoms with E-state index in [9.17, 15) is 19.7 Å². The van der Waals surface area contributed by atoms with Gasteiger partial charge in [-0.15, -0.1) is 23.1 Å². The smallest absolute Gasteiger partial charge is 0.269 e. The van der Waals surface area contributed by atoms with Crippen molar-refractivity contribution < 1.29 is 14.5 Å². The number of para-hydroxylation sites is 1. The Hall–Kier alpha value is -3.41. The first-order chi connectivity index (χ1) is 17.8. The first kappa shape index (κ1) is 26.6. The number of benzene rings is 3. The summed E-state index contributed by atoms with van der Waals surface area (Å²) >= 11 is 4.34. The van der Waals surface area contributed by atoms with Crippen molar-refractivity contribution in [2.24, 2.45) is 0 Å². The first-order valence-corrected chi connectivity index (χ1v) is 14.2. The van der Waals surface area contributed by atoms with E-state index in [1.807, 2.05) is 50.2 Å². The van der Waals surface area contributed by atoms with Crippen LogP contribution in [0.15, 0.2) is 65.0 Å². The van der Waals surface area contributed by atoms with Crippen molar-refractivity contribution >= 4 is 74.0 Å². The van der Waals surface area contributed by atoms with Crippen LogP contribution in [0.4, 0.5) is 17.1 Å². The van der Waals surface area contributed by atoms with Gasteiger partial charge in [0.1, 0.15) is 0 Å². The predicted molar refractivity (Wildman–Crippen MR) is 153 cm³/mol. The van der Waals surface area contributed by atoms with E-state index in [2.05, 4.69) is 15.6 Å². The lowest BCUT2D eigenvalue weighted by Crippen LogP contribution is -2.19. The second kappa shape index (κ2) is 12.2. The van der Waals surface area contributed by atoms with Crippen LogP contribution >= 0.6 is 34.9 Å². The summed E-state index contributed by atoms with van der Waals surface area (Å²) in [4.78, 5) is 39.7. The number of rotatable bonds is 10. The fourth-order valence-electron chi connectivity index (χ4n) is 3.52. The first-order valence-electron chi connectivity index (χ1n) is 11.3. The van der Waals surface area contributed by atoms with Crippen LogP contribution in [-0.2, 0) is 15.3 Å². The van der Waals surface area contributed by atoms with E-state index in [1.54, 1.807) is 23.9 Å². The van der Waals surface area contributed by atoms with Crippen molar-refractivity contribution in [3.8, 4) is 0 Å². The third kappa shape index (κ3) is 7.31. The molecule has 0 aliphatic heterocycles. The Morgan fingerprint density at radius 3 is 2.32 bits per heavy atom. The highest BCUT2D eigenvalue weighted by Gasteiger charge is 2.11. The molecular formula is C26H24N4O4S3. The number of thioether (sulfide) groups is 2. The van der Waals surface area contributed by atoms with Gasteiger partial charge in [0, 0.05) is 29.3 Å². The molecule has 4 aromatic rings. The number of hydrogen-bond donors (Lipinski definition) is 2. The monoisotopic (exact) mass is 552 g/mol. The van der Waals surface area contributed by atoms with E-state index < -0.39 is 4.92 Å². The SMILES string of the molecule is Cc1cccc(C)c1NC(=O)CSCC(=O)Nc1ccc2nc(SCc3ccc([N+](=O)[O-])cc3)sc2c1. The van der Waals surface area contributed by atoms with E-state index in [0.717, 1.165) is 36.9 Å². The number of nitrogens with one attached hydrogen (secondary N) is 2. The molecule has 190 valence electrons. The quantitative estimate of drug-likeness (QED) is 0.132. The highest BCUT2D eigenvalue weighted by molar-refractivity contribution is 8.00. The standard InChI is InChI=1S/C26H24N4O4S3/c1-16-4-3-5-17(2)25(16)29-24(32)15-35-14-23(31)27-19-8-11-21-22(12-19)37-26(28-21)36-13-18-6-9-20(10-7-18)30(33)34/h3-12H,13-15H2,1-2H3,(H,27,31)(H,29,32). The van der Waals surface area contributed by atoms with Gasteiger partial charge in [0.2, 0.25) is 11.8 Å². The molecule has 11 heteroatoms. The molecule has 0 bridgehead atoms. The number of anilines is 2. The van der Waals surface area contributed by atoms with Crippen molar-refractivity contribution in [2.45, 2.75) is 23.9 Å². The number of aromatic nitrogens is 1. The van der Waals surface area contributed by atoms with Crippen LogP contribution in [0.25, 0.3) is 10.2 Å². The molecule has 4 rings (SSSR count). The second-order valence-corrected chi connectivity index (χ2v) is 11.5. The minimum absolute atomic E-state index is 0.0716. The number of fused-ring (bicyclic) bond motifs is 1. The van der Waals surface area contributed by atoms with Crippen LogP contribution in [0.2, 0.25) is 0 Å². The van der Waals surface area contributed by atoms with E-state index in [-0.39, 0.29) is 29.0 Å². The molecule has 0 radical (unpaired) electrons. The molecule has 37 heavy (non-hydrogen) atoms. The molecule has 0 unspecified atom stereocenters. The normalized spacial score (nSPS) is 10.9. The lowest BCUT2D eigenvalue weighted by molar-refractivity contribution is -0.384. The van der Waals surface area contributed by atoms with Crippen LogP contribution in [0.3, 0.4) is 0 Å². The molecule has 0 fully saturated rings. The van der Waals surface area contributed by atoms with Gasteiger partial charge in [-0.1, -0.05) is 42.1 Å². The summed E-state index contributed by atoms with van der Waals surface area (Å²) in [5, 5.41) is 16.6. The maximum absolute atomic E-state index is 12.4. The number of carbonyl (C=O) groups excluding carboxylic acids is 2. The number of carbonyl (C=O) groups is 2. The number of non-ortho nitro benzene ring substituents is 1. The number of aryl methyl sites for hydroxylation is 2. The van der Waals surface area contributed by atoms with Gasteiger partial charge in [-0.3, -0.25) is 19.7 Å². The van der Waals surface area contributed by atoms with Crippen molar-refractivity contribution in [2.75, 3.05) is 22.1 Å². The van der Waals surface area contributed by atoms with Crippen LogP contribution in [0.1, 0.15) is 16.7 Å². The zero-order chi connectivity index (χ0) is 26.4. The molecule has 2 N–H and O–H groups in total. The van der Waals surface area contributed by atoms with Gasteiger partial charge >= 0.3 is 0 Å². The summed E-state index contributed by atoms with van der Waals surface area (Å²) in [5.74, 6) is 0.679. The maximum Gasteiger partial charge on any atom is 0.269 e. The van der Waals surface area contributed by atoms with E-state index in [4.69, 9.17) is 0 Å². The number of hydrogen-bond acceptors (Lipinski definition) is 8. The van der Waals surface area contributed by atoms with Gasteiger partial charge in [-0.2, -0.15) is 0 Å². The Bertz CT molecular complexity index is 1430. The van der Waals surface area contributed by atoms with Gasteiger partial charge < -0.3 is 10.6 Å². The average molecular weight is 553 g/mol. The van der Waals surface area contributed by atoms with Gasteiger partial charge in [-0.05, 0) is 48.7 Å². The lowest BCUT2D eigenvalue weighted by Gasteiger charge is -2.11. The van der Waals surface area contributed by atoms with Crippen molar-refractivity contribution in [3.63, 3.8) is 0 Å². The van der Waals surface area contributed by atoms with Crippen LogP contribution in [0, 0.1) is 24.0 Å². The summed E-state index contributed by atoms with van der Waals surface area (Å²) in [7, 11) is 0. The summed E-state index contributed by atoms with van der Waals surface area (Å²) in [6.07, 6.45) is 0. The average Bonchev–Trinajstić information content (AvgIpc) is 3.27. The van der Waals surface area contributed by atoms with Crippen LogP contribution in [0.5, 0.6) is 0 Å². The van der Waals surface area contributed by atoms with Crippen LogP contribution in [-0.4, -0.2) is 33.2 Å². The van der Waals surface area contributed by atoms with Gasteiger partial charge in [0.15, 0.2) is 4.34 Å². The molecule has 3 aromatic carbocycles. The second-order valence-electron chi connectivity index (χ2n) is 8.23. The fraction of sp³-hybridized carbons (Fsp3) is 0.192. The Kier molecular flexibility index (Phi) is 8.80. The summed E-state index contributed by atoms with van der Waals surface area (Å²) in [5.41, 5.74) is 5.39. The van der Waals surface area contributed by atoms with Gasteiger partial charge in [-0.25, -0.2) is 4.98 Å².